The van der Waals surface area contributed by atoms with E-state index in [9.17, 15) is 14.4 Å². The zero-order valence-corrected chi connectivity index (χ0v) is 16.0. The smallest absolute Gasteiger partial charge is 0.303 e. The van der Waals surface area contributed by atoms with E-state index in [1.807, 2.05) is 51.1 Å². The summed E-state index contributed by atoms with van der Waals surface area (Å²) in [6, 6.07) is 9.97. The molecule has 1 aromatic rings. The number of hydrogen-bond acceptors (Lipinski definition) is 3. The van der Waals surface area contributed by atoms with Gasteiger partial charge in [-0.2, -0.15) is 0 Å². The molecule has 1 aromatic carbocycles. The summed E-state index contributed by atoms with van der Waals surface area (Å²) in [7, 11) is 0. The van der Waals surface area contributed by atoms with Crippen molar-refractivity contribution in [1.82, 2.24) is 0 Å². The van der Waals surface area contributed by atoms with Gasteiger partial charge in [-0.25, -0.2) is 0 Å². The fourth-order valence-electron chi connectivity index (χ4n) is 4.25. The molecular formula is C22H30O4. The fourth-order valence-corrected chi connectivity index (χ4v) is 4.25. The van der Waals surface area contributed by atoms with E-state index >= 15 is 0 Å². The summed E-state index contributed by atoms with van der Waals surface area (Å²) in [6.07, 6.45) is 3.32. The molecule has 0 bridgehead atoms. The Morgan fingerprint density at radius 3 is 2.15 bits per heavy atom. The van der Waals surface area contributed by atoms with Crippen molar-refractivity contribution in [3.63, 3.8) is 0 Å². The van der Waals surface area contributed by atoms with E-state index in [1.165, 1.54) is 0 Å². The second-order valence-electron chi connectivity index (χ2n) is 7.71. The molecule has 1 fully saturated rings. The van der Waals surface area contributed by atoms with Crippen molar-refractivity contribution >= 4 is 17.5 Å². The molecule has 5 unspecified atom stereocenters. The van der Waals surface area contributed by atoms with Crippen LogP contribution in [0.15, 0.2) is 30.3 Å². The van der Waals surface area contributed by atoms with Crippen LogP contribution >= 0.6 is 0 Å². The van der Waals surface area contributed by atoms with Gasteiger partial charge in [0.15, 0.2) is 0 Å². The Morgan fingerprint density at radius 1 is 0.923 bits per heavy atom. The van der Waals surface area contributed by atoms with Crippen molar-refractivity contribution in [2.24, 2.45) is 23.7 Å². The van der Waals surface area contributed by atoms with Crippen LogP contribution in [0.4, 0.5) is 0 Å². The molecule has 1 aliphatic rings. The normalized spacial score (nSPS) is 27.3. The molecule has 1 aliphatic carbocycles. The van der Waals surface area contributed by atoms with Crippen LogP contribution in [0.25, 0.3) is 0 Å². The molecule has 0 spiro atoms. The van der Waals surface area contributed by atoms with Crippen LogP contribution in [0.5, 0.6) is 0 Å². The first-order valence-electron chi connectivity index (χ1n) is 9.68. The first kappa shape index (κ1) is 20.3. The maximum absolute atomic E-state index is 13.1. The summed E-state index contributed by atoms with van der Waals surface area (Å²) in [5, 5.41) is 8.77. The molecule has 0 aromatic heterocycles. The lowest BCUT2D eigenvalue weighted by Crippen LogP contribution is -2.46. The van der Waals surface area contributed by atoms with Gasteiger partial charge in [-0.05, 0) is 24.3 Å². The summed E-state index contributed by atoms with van der Waals surface area (Å²) < 4.78 is 0. The van der Waals surface area contributed by atoms with Crippen LogP contribution in [-0.2, 0) is 14.4 Å². The van der Waals surface area contributed by atoms with E-state index < -0.39 is 5.97 Å². The molecule has 0 aliphatic heterocycles. The fraction of sp³-hybridized carbons (Fsp3) is 0.591. The van der Waals surface area contributed by atoms with Gasteiger partial charge >= 0.3 is 5.97 Å². The molecule has 4 heteroatoms. The maximum Gasteiger partial charge on any atom is 0.303 e. The second-order valence-corrected chi connectivity index (χ2v) is 7.71. The van der Waals surface area contributed by atoms with Gasteiger partial charge in [0.25, 0.3) is 0 Å². The molecule has 1 N–H and O–H groups in total. The van der Waals surface area contributed by atoms with E-state index in [0.29, 0.717) is 6.42 Å². The molecular weight excluding hydrogens is 328 g/mol. The van der Waals surface area contributed by atoms with E-state index in [4.69, 9.17) is 5.11 Å². The Hall–Kier alpha value is -1.97. The van der Waals surface area contributed by atoms with Gasteiger partial charge in [0.2, 0.25) is 0 Å². The number of ketones is 2. The predicted molar refractivity (Wildman–Crippen MR) is 101 cm³/mol. The SMILES string of the molecule is CC1C(=O)C(C)C(C(CCCCCC(=O)O)c2ccccc2)C(=O)C1C. The predicted octanol–water partition coefficient (Wildman–Crippen LogP) is 4.48. The van der Waals surface area contributed by atoms with E-state index in [2.05, 4.69) is 0 Å². The molecule has 2 rings (SSSR count). The average molecular weight is 358 g/mol. The van der Waals surface area contributed by atoms with Crippen molar-refractivity contribution in [1.29, 1.82) is 0 Å². The number of aliphatic carboxylic acids is 1. The standard InChI is InChI=1S/C22H30O4/c1-14-15(2)22(26)20(16(3)21(14)25)18(17-10-6-4-7-11-17)12-8-5-9-13-19(23)24/h4,6-7,10-11,14-16,18,20H,5,8-9,12-13H2,1-3H3,(H,23,24). The minimum atomic E-state index is -0.769. The van der Waals surface area contributed by atoms with Crippen LogP contribution in [0.2, 0.25) is 0 Å². The first-order valence-corrected chi connectivity index (χ1v) is 9.68. The molecule has 26 heavy (non-hydrogen) atoms. The monoisotopic (exact) mass is 358 g/mol. The van der Waals surface area contributed by atoms with Gasteiger partial charge in [-0.3, -0.25) is 14.4 Å². The van der Waals surface area contributed by atoms with Crippen LogP contribution in [0, 0.1) is 23.7 Å². The summed E-state index contributed by atoms with van der Waals surface area (Å²) in [4.78, 5) is 36.4. The molecule has 0 saturated heterocycles. The number of Topliss-reactive ketones (excluding diaryl/α,β-unsaturated/α-hetero) is 2. The topological polar surface area (TPSA) is 71.4 Å². The van der Waals surface area contributed by atoms with Gasteiger partial charge in [-0.15, -0.1) is 0 Å². The third kappa shape index (κ3) is 4.60. The average Bonchev–Trinajstić information content (AvgIpc) is 2.63. The summed E-state index contributed by atoms with van der Waals surface area (Å²) >= 11 is 0. The number of unbranched alkanes of at least 4 members (excludes halogenated alkanes) is 2. The van der Waals surface area contributed by atoms with Gasteiger partial charge in [0.05, 0.1) is 0 Å². The zero-order valence-electron chi connectivity index (χ0n) is 16.0. The van der Waals surface area contributed by atoms with Crippen LogP contribution in [0.1, 0.15) is 64.4 Å². The highest BCUT2D eigenvalue weighted by Gasteiger charge is 2.46. The van der Waals surface area contributed by atoms with Gasteiger partial charge in [-0.1, -0.05) is 63.9 Å². The lowest BCUT2D eigenvalue weighted by molar-refractivity contribution is -0.146. The Bertz CT molecular complexity index is 637. The molecule has 1 saturated carbocycles. The van der Waals surface area contributed by atoms with Crippen molar-refractivity contribution in [2.45, 2.75) is 58.8 Å². The molecule has 0 radical (unpaired) electrons. The lowest BCUT2D eigenvalue weighted by Gasteiger charge is -2.39. The van der Waals surface area contributed by atoms with Gasteiger partial charge in [0, 0.05) is 30.1 Å². The summed E-state index contributed by atoms with van der Waals surface area (Å²) in [5.41, 5.74) is 1.10. The Kier molecular flexibility index (Phi) is 7.13. The van der Waals surface area contributed by atoms with Gasteiger partial charge in [0.1, 0.15) is 11.6 Å². The van der Waals surface area contributed by atoms with Gasteiger partial charge < -0.3 is 5.11 Å². The molecule has 142 valence electrons. The Labute approximate surface area is 156 Å². The van der Waals surface area contributed by atoms with Crippen LogP contribution in [0.3, 0.4) is 0 Å². The molecule has 0 amide bonds. The minimum absolute atomic E-state index is 0.0161. The summed E-state index contributed by atoms with van der Waals surface area (Å²) in [6.45, 7) is 5.63. The van der Waals surface area contributed by atoms with E-state index in [0.717, 1.165) is 24.8 Å². The quantitative estimate of drug-likeness (QED) is 0.695. The molecule has 4 nitrogen and oxygen atoms in total. The van der Waals surface area contributed by atoms with Crippen molar-refractivity contribution in [3.05, 3.63) is 35.9 Å². The number of carbonyl (C=O) groups excluding carboxylic acids is 2. The largest absolute Gasteiger partial charge is 0.481 e. The number of carboxylic acid groups (broad SMARTS) is 1. The second kappa shape index (κ2) is 9.11. The minimum Gasteiger partial charge on any atom is -0.481 e. The van der Waals surface area contributed by atoms with Crippen molar-refractivity contribution in [3.8, 4) is 0 Å². The van der Waals surface area contributed by atoms with E-state index in [1.54, 1.807) is 0 Å². The molecule has 5 atom stereocenters. The Balaban J connectivity index is 2.18. The summed E-state index contributed by atoms with van der Waals surface area (Å²) in [5.74, 6) is -1.36. The number of benzene rings is 1. The third-order valence-corrected chi connectivity index (χ3v) is 6.03. The number of carbonyl (C=O) groups is 3. The van der Waals surface area contributed by atoms with E-state index in [-0.39, 0.29) is 47.6 Å². The Morgan fingerprint density at radius 2 is 1.54 bits per heavy atom. The third-order valence-electron chi connectivity index (χ3n) is 6.03. The number of carboxylic acids is 1. The highest BCUT2D eigenvalue weighted by Crippen LogP contribution is 2.42. The first-order chi connectivity index (χ1) is 12.3. The number of hydrogen-bond donors (Lipinski definition) is 1. The highest BCUT2D eigenvalue weighted by atomic mass is 16.4. The van der Waals surface area contributed by atoms with Crippen molar-refractivity contribution < 1.29 is 19.5 Å². The van der Waals surface area contributed by atoms with Crippen molar-refractivity contribution in [2.75, 3.05) is 0 Å². The zero-order chi connectivity index (χ0) is 19.3. The van der Waals surface area contributed by atoms with Crippen LogP contribution in [-0.4, -0.2) is 22.6 Å². The maximum atomic E-state index is 13.1. The molecule has 0 heterocycles. The van der Waals surface area contributed by atoms with Crippen LogP contribution < -0.4 is 0 Å². The lowest BCUT2D eigenvalue weighted by atomic mass is 9.62. The number of rotatable bonds is 8. The highest BCUT2D eigenvalue weighted by molar-refractivity contribution is 5.99.